The van der Waals surface area contributed by atoms with Gasteiger partial charge in [0.05, 0.1) is 0 Å². The third kappa shape index (κ3) is 4.44. The van der Waals surface area contributed by atoms with E-state index in [4.69, 9.17) is 5.73 Å². The molecule has 0 bridgehead atoms. The first kappa shape index (κ1) is 13.5. The van der Waals surface area contributed by atoms with Gasteiger partial charge in [-0.1, -0.05) is 6.07 Å². The van der Waals surface area contributed by atoms with Gasteiger partial charge in [0.15, 0.2) is 0 Å². The highest BCUT2D eigenvalue weighted by Gasteiger charge is 2.06. The first-order valence-electron chi connectivity index (χ1n) is 5.84. The lowest BCUT2D eigenvalue weighted by atomic mass is 10.2. The van der Waals surface area contributed by atoms with E-state index in [2.05, 4.69) is 24.1 Å². The number of nitrogens with one attached hydrogen (secondary N) is 1. The number of hydrogen-bond donors (Lipinski definition) is 2. The molecule has 1 aromatic rings. The van der Waals surface area contributed by atoms with Crippen LogP contribution < -0.4 is 11.1 Å². The Balaban J connectivity index is 2.40. The van der Waals surface area contributed by atoms with E-state index in [9.17, 15) is 4.79 Å². The first-order chi connectivity index (χ1) is 8.00. The van der Waals surface area contributed by atoms with Crippen LogP contribution >= 0.6 is 0 Å². The molecule has 0 saturated heterocycles. The summed E-state index contributed by atoms with van der Waals surface area (Å²) in [5, 5.41) is 2.88. The summed E-state index contributed by atoms with van der Waals surface area (Å²) in [4.78, 5) is 13.9. The highest BCUT2D eigenvalue weighted by molar-refractivity contribution is 5.94. The smallest absolute Gasteiger partial charge is 0.251 e. The number of benzene rings is 1. The molecule has 0 aliphatic heterocycles. The molecule has 94 valence electrons. The predicted octanol–water partition coefficient (Wildman–Crippen LogP) is 1.34. The van der Waals surface area contributed by atoms with E-state index in [-0.39, 0.29) is 5.91 Å². The van der Waals surface area contributed by atoms with Crippen molar-refractivity contribution < 1.29 is 4.79 Å². The van der Waals surface area contributed by atoms with Gasteiger partial charge < -0.3 is 16.0 Å². The van der Waals surface area contributed by atoms with Crippen molar-refractivity contribution in [2.75, 3.05) is 25.9 Å². The van der Waals surface area contributed by atoms with Gasteiger partial charge in [-0.05, 0) is 39.1 Å². The van der Waals surface area contributed by atoms with E-state index in [0.29, 0.717) is 23.8 Å². The number of carbonyl (C=O) groups excluding carboxylic acids is 1. The van der Waals surface area contributed by atoms with Crippen molar-refractivity contribution in [3.8, 4) is 0 Å². The van der Waals surface area contributed by atoms with Crippen molar-refractivity contribution in [1.82, 2.24) is 10.2 Å². The third-order valence-electron chi connectivity index (χ3n) is 2.78. The predicted molar refractivity (Wildman–Crippen MR) is 71.0 cm³/mol. The van der Waals surface area contributed by atoms with Crippen LogP contribution in [-0.4, -0.2) is 37.0 Å². The molecule has 1 aromatic carbocycles. The second-order valence-corrected chi connectivity index (χ2v) is 4.46. The van der Waals surface area contributed by atoms with Gasteiger partial charge in [-0.25, -0.2) is 0 Å². The van der Waals surface area contributed by atoms with Crippen molar-refractivity contribution in [3.63, 3.8) is 0 Å². The fraction of sp³-hybridized carbons (Fsp3) is 0.462. The van der Waals surface area contributed by atoms with E-state index < -0.39 is 0 Å². The number of nitrogens with two attached hydrogens (primary N) is 1. The zero-order valence-corrected chi connectivity index (χ0v) is 10.7. The Morgan fingerprint density at radius 2 is 2.18 bits per heavy atom. The van der Waals surface area contributed by atoms with Gasteiger partial charge >= 0.3 is 0 Å². The summed E-state index contributed by atoms with van der Waals surface area (Å²) in [6, 6.07) is 7.48. The average molecular weight is 235 g/mol. The molecule has 4 heteroatoms. The molecule has 0 fully saturated rings. The maximum absolute atomic E-state index is 11.8. The largest absolute Gasteiger partial charge is 0.399 e. The monoisotopic (exact) mass is 235 g/mol. The summed E-state index contributed by atoms with van der Waals surface area (Å²) >= 11 is 0. The van der Waals surface area contributed by atoms with Crippen LogP contribution in [0.15, 0.2) is 24.3 Å². The molecule has 4 nitrogen and oxygen atoms in total. The summed E-state index contributed by atoms with van der Waals surface area (Å²) in [5.41, 5.74) is 6.84. The molecule has 0 heterocycles. The zero-order valence-electron chi connectivity index (χ0n) is 10.7. The van der Waals surface area contributed by atoms with Crippen LogP contribution in [0.4, 0.5) is 5.69 Å². The van der Waals surface area contributed by atoms with Crippen molar-refractivity contribution in [2.24, 2.45) is 0 Å². The Bertz CT molecular complexity index is 377. The van der Waals surface area contributed by atoms with Crippen molar-refractivity contribution in [1.29, 1.82) is 0 Å². The lowest BCUT2D eigenvalue weighted by Gasteiger charge is -2.20. The summed E-state index contributed by atoms with van der Waals surface area (Å²) in [6.07, 6.45) is 0. The van der Waals surface area contributed by atoms with Gasteiger partial charge in [0, 0.05) is 30.4 Å². The van der Waals surface area contributed by atoms with E-state index in [1.54, 1.807) is 24.3 Å². The SMILES string of the molecule is CC(C)N(C)CCNC(=O)c1cccc(N)c1. The number of anilines is 1. The molecule has 0 unspecified atom stereocenters. The highest BCUT2D eigenvalue weighted by atomic mass is 16.1. The molecule has 0 radical (unpaired) electrons. The van der Waals surface area contributed by atoms with E-state index in [1.165, 1.54) is 0 Å². The number of amides is 1. The molecule has 1 rings (SSSR count). The van der Waals surface area contributed by atoms with E-state index in [0.717, 1.165) is 6.54 Å². The van der Waals surface area contributed by atoms with Gasteiger partial charge in [-0.2, -0.15) is 0 Å². The fourth-order valence-corrected chi connectivity index (χ4v) is 1.39. The summed E-state index contributed by atoms with van der Waals surface area (Å²) in [7, 11) is 2.04. The van der Waals surface area contributed by atoms with Crippen LogP contribution in [0.1, 0.15) is 24.2 Å². The minimum Gasteiger partial charge on any atom is -0.399 e. The van der Waals surface area contributed by atoms with Gasteiger partial charge in [0.2, 0.25) is 0 Å². The topological polar surface area (TPSA) is 58.4 Å². The Labute approximate surface area is 103 Å². The minimum absolute atomic E-state index is 0.0746. The van der Waals surface area contributed by atoms with Crippen LogP contribution in [0.25, 0.3) is 0 Å². The van der Waals surface area contributed by atoms with Crippen LogP contribution in [0.3, 0.4) is 0 Å². The molecule has 3 N–H and O–H groups in total. The second-order valence-electron chi connectivity index (χ2n) is 4.46. The Kier molecular flexibility index (Phi) is 4.97. The minimum atomic E-state index is -0.0746. The van der Waals surface area contributed by atoms with Crippen LogP contribution in [-0.2, 0) is 0 Å². The average Bonchev–Trinajstić information content (AvgIpc) is 2.28. The number of carbonyl (C=O) groups is 1. The summed E-state index contributed by atoms with van der Waals surface area (Å²) in [6.45, 7) is 5.73. The van der Waals surface area contributed by atoms with E-state index >= 15 is 0 Å². The van der Waals surface area contributed by atoms with Crippen LogP contribution in [0.5, 0.6) is 0 Å². The summed E-state index contributed by atoms with van der Waals surface area (Å²) < 4.78 is 0. The lowest BCUT2D eigenvalue weighted by molar-refractivity contribution is 0.0948. The fourth-order valence-electron chi connectivity index (χ4n) is 1.39. The maximum Gasteiger partial charge on any atom is 0.251 e. The van der Waals surface area contributed by atoms with Crippen LogP contribution in [0.2, 0.25) is 0 Å². The van der Waals surface area contributed by atoms with Gasteiger partial charge in [-0.15, -0.1) is 0 Å². The Hall–Kier alpha value is -1.55. The molecule has 17 heavy (non-hydrogen) atoms. The van der Waals surface area contributed by atoms with Crippen LogP contribution in [0, 0.1) is 0 Å². The van der Waals surface area contributed by atoms with E-state index in [1.807, 2.05) is 7.05 Å². The second kappa shape index (κ2) is 6.25. The highest BCUT2D eigenvalue weighted by Crippen LogP contribution is 2.05. The number of likely N-dealkylation sites (N-methyl/N-ethyl adjacent to an activating group) is 1. The van der Waals surface area contributed by atoms with Gasteiger partial charge in [-0.3, -0.25) is 4.79 Å². The molecule has 0 saturated carbocycles. The van der Waals surface area contributed by atoms with Crippen molar-refractivity contribution in [2.45, 2.75) is 19.9 Å². The maximum atomic E-state index is 11.8. The quantitative estimate of drug-likeness (QED) is 0.757. The molecule has 0 spiro atoms. The molecule has 0 aliphatic carbocycles. The molecule has 0 aliphatic rings. The molecule has 0 aromatic heterocycles. The standard InChI is InChI=1S/C13H21N3O/c1-10(2)16(3)8-7-15-13(17)11-5-4-6-12(14)9-11/h4-6,9-10H,7-8,14H2,1-3H3,(H,15,17). The van der Waals surface area contributed by atoms with Gasteiger partial charge in [0.25, 0.3) is 5.91 Å². The molecule has 0 atom stereocenters. The number of rotatable bonds is 5. The lowest BCUT2D eigenvalue weighted by Crippen LogP contribution is -2.36. The molecule has 1 amide bonds. The number of nitrogen functional groups attached to an aromatic ring is 1. The number of nitrogens with zero attached hydrogens (tertiary/aromatic N) is 1. The summed E-state index contributed by atoms with van der Waals surface area (Å²) in [5.74, 6) is -0.0746. The zero-order chi connectivity index (χ0) is 12.8. The van der Waals surface area contributed by atoms with Crippen molar-refractivity contribution in [3.05, 3.63) is 29.8 Å². The normalized spacial score (nSPS) is 10.9. The Morgan fingerprint density at radius 1 is 1.47 bits per heavy atom. The first-order valence-corrected chi connectivity index (χ1v) is 5.84. The third-order valence-corrected chi connectivity index (χ3v) is 2.78. The Morgan fingerprint density at radius 3 is 2.76 bits per heavy atom. The van der Waals surface area contributed by atoms with Gasteiger partial charge in [0.1, 0.15) is 0 Å². The van der Waals surface area contributed by atoms with Crippen molar-refractivity contribution >= 4 is 11.6 Å². The molecular weight excluding hydrogens is 214 g/mol. The molecular formula is C13H21N3O. The number of hydrogen-bond acceptors (Lipinski definition) is 3.